The van der Waals surface area contributed by atoms with Crippen molar-refractivity contribution < 1.29 is 20.4 Å². The Hall–Kier alpha value is -2.44. The Labute approximate surface area is 141 Å². The predicted octanol–water partition coefficient (Wildman–Crippen LogP) is 2.07. The number of likely N-dealkylation sites (N-methyl/N-ethyl adjacent to an activating group) is 2. The van der Waals surface area contributed by atoms with E-state index < -0.39 is 0 Å². The number of hydrogen-bond acceptors (Lipinski definition) is 6. The third-order valence-corrected chi connectivity index (χ3v) is 3.85. The lowest BCUT2D eigenvalue weighted by atomic mass is 10.2. The zero-order chi connectivity index (χ0) is 17.7. The van der Waals surface area contributed by atoms with Crippen LogP contribution in [0.4, 0.5) is 0 Å². The normalized spacial score (nSPS) is 11.3. The van der Waals surface area contributed by atoms with Crippen LogP contribution in [0.15, 0.2) is 36.4 Å². The molecule has 2 rings (SSSR count). The molecule has 0 fully saturated rings. The van der Waals surface area contributed by atoms with Gasteiger partial charge in [-0.15, -0.1) is 0 Å². The van der Waals surface area contributed by atoms with Gasteiger partial charge in [-0.3, -0.25) is 0 Å². The van der Waals surface area contributed by atoms with Crippen molar-refractivity contribution in [1.29, 1.82) is 0 Å². The molecule has 130 valence electrons. The molecule has 0 atom stereocenters. The minimum absolute atomic E-state index is 0.106. The van der Waals surface area contributed by atoms with Crippen LogP contribution >= 0.6 is 0 Å². The third kappa shape index (κ3) is 5.04. The van der Waals surface area contributed by atoms with E-state index in [1.54, 1.807) is 24.3 Å². The van der Waals surface area contributed by atoms with Crippen LogP contribution in [0, 0.1) is 0 Å². The van der Waals surface area contributed by atoms with Gasteiger partial charge in [0.05, 0.1) is 0 Å². The summed E-state index contributed by atoms with van der Waals surface area (Å²) in [4.78, 5) is 4.24. The minimum Gasteiger partial charge on any atom is -0.504 e. The second-order valence-electron chi connectivity index (χ2n) is 6.12. The molecule has 2 aromatic carbocycles. The quantitative estimate of drug-likeness (QED) is 0.581. The summed E-state index contributed by atoms with van der Waals surface area (Å²) in [6, 6.07) is 9.68. The summed E-state index contributed by atoms with van der Waals surface area (Å²) in [6.07, 6.45) is 0. The number of phenols is 4. The fourth-order valence-electron chi connectivity index (χ4n) is 2.46. The molecule has 6 nitrogen and oxygen atoms in total. The summed E-state index contributed by atoms with van der Waals surface area (Å²) in [5.41, 5.74) is 1.86. The van der Waals surface area contributed by atoms with E-state index in [0.717, 1.165) is 24.2 Å². The first-order chi connectivity index (χ1) is 11.3. The lowest BCUT2D eigenvalue weighted by Gasteiger charge is -2.22. The Kier molecular flexibility index (Phi) is 5.89. The first-order valence-corrected chi connectivity index (χ1v) is 7.74. The highest BCUT2D eigenvalue weighted by atomic mass is 16.3. The van der Waals surface area contributed by atoms with Gasteiger partial charge < -0.3 is 30.2 Å². The van der Waals surface area contributed by atoms with Crippen molar-refractivity contribution in [2.24, 2.45) is 0 Å². The maximum Gasteiger partial charge on any atom is 0.157 e. The standard InChI is InChI=1S/C18H24N2O4/c1-19(11-13-3-5-15(21)17(23)9-13)7-8-20(2)12-14-4-6-16(22)18(24)10-14/h3-6,9-10,21-24H,7-8,11-12H2,1-2H3. The van der Waals surface area contributed by atoms with Gasteiger partial charge in [0.15, 0.2) is 23.0 Å². The number of aromatic hydroxyl groups is 4. The Morgan fingerprint density at radius 2 is 1.00 bits per heavy atom. The van der Waals surface area contributed by atoms with Crippen molar-refractivity contribution in [3.8, 4) is 23.0 Å². The molecule has 4 N–H and O–H groups in total. The van der Waals surface area contributed by atoms with Gasteiger partial charge in [0, 0.05) is 26.2 Å². The predicted molar refractivity (Wildman–Crippen MR) is 92.2 cm³/mol. The van der Waals surface area contributed by atoms with Gasteiger partial charge in [0.1, 0.15) is 0 Å². The van der Waals surface area contributed by atoms with Gasteiger partial charge in [0.2, 0.25) is 0 Å². The number of benzene rings is 2. The lowest BCUT2D eigenvalue weighted by Crippen LogP contribution is -2.30. The van der Waals surface area contributed by atoms with Crippen molar-refractivity contribution in [2.75, 3.05) is 27.2 Å². The molecule has 0 aliphatic heterocycles. The van der Waals surface area contributed by atoms with Crippen molar-refractivity contribution in [3.63, 3.8) is 0 Å². The fraction of sp³-hybridized carbons (Fsp3) is 0.333. The zero-order valence-electron chi connectivity index (χ0n) is 14.0. The number of phenolic OH excluding ortho intramolecular Hbond substituents is 4. The molecule has 0 aliphatic carbocycles. The summed E-state index contributed by atoms with van der Waals surface area (Å²) < 4.78 is 0. The van der Waals surface area contributed by atoms with Gasteiger partial charge >= 0.3 is 0 Å². The monoisotopic (exact) mass is 332 g/mol. The highest BCUT2D eigenvalue weighted by Crippen LogP contribution is 2.26. The van der Waals surface area contributed by atoms with E-state index in [4.69, 9.17) is 0 Å². The Morgan fingerprint density at radius 3 is 1.33 bits per heavy atom. The number of rotatable bonds is 7. The molecular weight excluding hydrogens is 308 g/mol. The molecule has 2 aromatic rings. The highest BCUT2D eigenvalue weighted by Gasteiger charge is 2.07. The van der Waals surface area contributed by atoms with Gasteiger partial charge in [-0.1, -0.05) is 12.1 Å². The second kappa shape index (κ2) is 7.90. The SMILES string of the molecule is CN(CCN(C)Cc1ccc(O)c(O)c1)Cc1ccc(O)c(O)c1. The average Bonchev–Trinajstić information content (AvgIpc) is 2.53. The summed E-state index contributed by atoms with van der Waals surface area (Å²) >= 11 is 0. The summed E-state index contributed by atoms with van der Waals surface area (Å²) in [5, 5.41) is 37.7. The molecule has 0 spiro atoms. The molecule has 0 saturated carbocycles. The maximum atomic E-state index is 9.52. The minimum atomic E-state index is -0.113. The third-order valence-electron chi connectivity index (χ3n) is 3.85. The van der Waals surface area contributed by atoms with Crippen LogP contribution in [0.3, 0.4) is 0 Å². The lowest BCUT2D eigenvalue weighted by molar-refractivity contribution is 0.246. The molecule has 24 heavy (non-hydrogen) atoms. The van der Waals surface area contributed by atoms with Crippen LogP contribution < -0.4 is 0 Å². The maximum absolute atomic E-state index is 9.52. The van der Waals surface area contributed by atoms with Crippen molar-refractivity contribution in [1.82, 2.24) is 9.80 Å². The van der Waals surface area contributed by atoms with Crippen LogP contribution in [0.5, 0.6) is 23.0 Å². The molecule has 0 heterocycles. The molecule has 0 amide bonds. The van der Waals surface area contributed by atoms with E-state index in [-0.39, 0.29) is 23.0 Å². The van der Waals surface area contributed by atoms with E-state index in [1.807, 2.05) is 14.1 Å². The van der Waals surface area contributed by atoms with Crippen LogP contribution in [0.25, 0.3) is 0 Å². The first-order valence-electron chi connectivity index (χ1n) is 7.74. The van der Waals surface area contributed by atoms with Crippen molar-refractivity contribution >= 4 is 0 Å². The number of nitrogens with zero attached hydrogens (tertiary/aromatic N) is 2. The molecule has 6 heteroatoms. The van der Waals surface area contributed by atoms with Crippen LogP contribution in [0.2, 0.25) is 0 Å². The topological polar surface area (TPSA) is 87.4 Å². The zero-order valence-corrected chi connectivity index (χ0v) is 14.0. The highest BCUT2D eigenvalue weighted by molar-refractivity contribution is 5.41. The molecule has 0 unspecified atom stereocenters. The molecule has 0 saturated heterocycles. The molecule has 0 radical (unpaired) electrons. The van der Waals surface area contributed by atoms with Gasteiger partial charge in [0.25, 0.3) is 0 Å². The van der Waals surface area contributed by atoms with E-state index >= 15 is 0 Å². The second-order valence-corrected chi connectivity index (χ2v) is 6.12. The van der Waals surface area contributed by atoms with Gasteiger partial charge in [-0.05, 0) is 49.5 Å². The largest absolute Gasteiger partial charge is 0.504 e. The fourth-order valence-corrected chi connectivity index (χ4v) is 2.46. The van der Waals surface area contributed by atoms with Crippen LogP contribution in [0.1, 0.15) is 11.1 Å². The Morgan fingerprint density at radius 1 is 0.625 bits per heavy atom. The van der Waals surface area contributed by atoms with E-state index in [1.165, 1.54) is 12.1 Å². The van der Waals surface area contributed by atoms with Crippen LogP contribution in [-0.4, -0.2) is 57.4 Å². The average molecular weight is 332 g/mol. The molecular formula is C18H24N2O4. The van der Waals surface area contributed by atoms with Crippen molar-refractivity contribution in [3.05, 3.63) is 47.5 Å². The molecule has 0 bridgehead atoms. The Bertz CT molecular complexity index is 631. The van der Waals surface area contributed by atoms with E-state index in [9.17, 15) is 20.4 Å². The first kappa shape index (κ1) is 17.9. The number of hydrogen-bond donors (Lipinski definition) is 4. The van der Waals surface area contributed by atoms with Gasteiger partial charge in [-0.25, -0.2) is 0 Å². The van der Waals surface area contributed by atoms with Gasteiger partial charge in [-0.2, -0.15) is 0 Å². The summed E-state index contributed by atoms with van der Waals surface area (Å²) in [5.74, 6) is -0.438. The molecule has 0 aromatic heterocycles. The van der Waals surface area contributed by atoms with Crippen LogP contribution in [-0.2, 0) is 13.1 Å². The van der Waals surface area contributed by atoms with E-state index in [2.05, 4.69) is 9.80 Å². The van der Waals surface area contributed by atoms with Crippen molar-refractivity contribution in [2.45, 2.75) is 13.1 Å². The molecule has 0 aliphatic rings. The summed E-state index contributed by atoms with van der Waals surface area (Å²) in [7, 11) is 3.98. The summed E-state index contributed by atoms with van der Waals surface area (Å²) in [6.45, 7) is 2.98. The smallest absolute Gasteiger partial charge is 0.157 e. The van der Waals surface area contributed by atoms with E-state index in [0.29, 0.717) is 13.1 Å². The Balaban J connectivity index is 1.80.